The first-order valence-electron chi connectivity index (χ1n) is 7.00. The Labute approximate surface area is 130 Å². The number of carbonyl (C=O) groups is 1. The molecule has 0 aromatic carbocycles. The Morgan fingerprint density at radius 1 is 1.52 bits per heavy atom. The highest BCUT2D eigenvalue weighted by molar-refractivity contribution is 7.90. The standard InChI is InChI=1S/C13H20ClN3O3S/c1-3-17-8-11(14)12(15-17)13(18)16-6-4-5-10(7-16)9-21(2,19)20/h8,10H,3-7,9H2,1-2H3. The molecule has 1 fully saturated rings. The first-order valence-corrected chi connectivity index (χ1v) is 9.44. The molecule has 1 aromatic heterocycles. The summed E-state index contributed by atoms with van der Waals surface area (Å²) in [5.74, 6) is -0.108. The number of nitrogens with zero attached hydrogens (tertiary/aromatic N) is 3. The van der Waals surface area contributed by atoms with E-state index in [1.165, 1.54) is 6.26 Å². The van der Waals surface area contributed by atoms with Crippen LogP contribution < -0.4 is 0 Å². The number of hydrogen-bond donors (Lipinski definition) is 0. The number of aromatic nitrogens is 2. The van der Waals surface area contributed by atoms with Gasteiger partial charge in [-0.2, -0.15) is 5.10 Å². The van der Waals surface area contributed by atoms with Gasteiger partial charge in [-0.15, -0.1) is 0 Å². The summed E-state index contributed by atoms with van der Waals surface area (Å²) in [6, 6.07) is 0. The van der Waals surface area contributed by atoms with Crippen LogP contribution in [0.25, 0.3) is 0 Å². The van der Waals surface area contributed by atoms with Gasteiger partial charge in [0.1, 0.15) is 9.84 Å². The van der Waals surface area contributed by atoms with Gasteiger partial charge in [-0.25, -0.2) is 8.42 Å². The molecule has 0 spiro atoms. The Morgan fingerprint density at radius 3 is 2.81 bits per heavy atom. The average Bonchev–Trinajstić information content (AvgIpc) is 2.77. The van der Waals surface area contributed by atoms with E-state index in [9.17, 15) is 13.2 Å². The maximum absolute atomic E-state index is 12.5. The lowest BCUT2D eigenvalue weighted by molar-refractivity contribution is 0.0677. The molecular weight excluding hydrogens is 314 g/mol. The topological polar surface area (TPSA) is 72.3 Å². The van der Waals surface area contributed by atoms with Crippen LogP contribution >= 0.6 is 11.6 Å². The molecule has 1 amide bonds. The van der Waals surface area contributed by atoms with Gasteiger partial charge in [-0.05, 0) is 25.7 Å². The van der Waals surface area contributed by atoms with Crippen molar-refractivity contribution >= 4 is 27.3 Å². The number of aryl methyl sites for hydroxylation is 1. The third-order valence-corrected chi connectivity index (χ3v) is 4.94. The molecule has 0 radical (unpaired) electrons. The van der Waals surface area contributed by atoms with E-state index in [0.29, 0.717) is 24.7 Å². The lowest BCUT2D eigenvalue weighted by atomic mass is 10.00. The Kier molecular flexibility index (Phi) is 4.93. The van der Waals surface area contributed by atoms with E-state index in [1.807, 2.05) is 6.92 Å². The minimum Gasteiger partial charge on any atom is -0.337 e. The van der Waals surface area contributed by atoms with E-state index in [0.717, 1.165) is 12.8 Å². The Hall–Kier alpha value is -1.08. The van der Waals surface area contributed by atoms with Crippen molar-refractivity contribution in [3.05, 3.63) is 16.9 Å². The lowest BCUT2D eigenvalue weighted by Crippen LogP contribution is -2.42. The second-order valence-corrected chi connectivity index (χ2v) is 8.13. The monoisotopic (exact) mass is 333 g/mol. The molecule has 0 aliphatic carbocycles. The van der Waals surface area contributed by atoms with Crippen molar-refractivity contribution in [2.45, 2.75) is 26.3 Å². The van der Waals surface area contributed by atoms with Crippen molar-refractivity contribution in [2.24, 2.45) is 5.92 Å². The van der Waals surface area contributed by atoms with E-state index < -0.39 is 9.84 Å². The largest absolute Gasteiger partial charge is 0.337 e. The Morgan fingerprint density at radius 2 is 2.24 bits per heavy atom. The van der Waals surface area contributed by atoms with Crippen LogP contribution in [0.2, 0.25) is 5.02 Å². The molecule has 1 unspecified atom stereocenters. The first-order chi connectivity index (χ1) is 9.80. The molecule has 8 heteroatoms. The zero-order valence-electron chi connectivity index (χ0n) is 12.2. The number of piperidine rings is 1. The van der Waals surface area contributed by atoms with Crippen molar-refractivity contribution in [1.29, 1.82) is 0 Å². The summed E-state index contributed by atoms with van der Waals surface area (Å²) in [6.45, 7) is 3.62. The van der Waals surface area contributed by atoms with Gasteiger partial charge < -0.3 is 4.90 Å². The molecule has 0 bridgehead atoms. The molecule has 1 aliphatic heterocycles. The van der Waals surface area contributed by atoms with Crippen LogP contribution in [0.4, 0.5) is 0 Å². The van der Waals surface area contributed by atoms with Crippen LogP contribution in [0.1, 0.15) is 30.3 Å². The van der Waals surface area contributed by atoms with Crippen LogP contribution in [0.5, 0.6) is 0 Å². The Bertz CT molecular complexity index is 627. The summed E-state index contributed by atoms with van der Waals surface area (Å²) in [5, 5.41) is 4.52. The second-order valence-electron chi connectivity index (χ2n) is 5.53. The highest BCUT2D eigenvalue weighted by atomic mass is 35.5. The van der Waals surface area contributed by atoms with Gasteiger partial charge in [0.25, 0.3) is 5.91 Å². The number of rotatable bonds is 4. The molecule has 1 atom stereocenters. The van der Waals surface area contributed by atoms with E-state index in [-0.39, 0.29) is 23.3 Å². The first kappa shape index (κ1) is 16.3. The van der Waals surface area contributed by atoms with Crippen LogP contribution in [-0.4, -0.2) is 54.1 Å². The van der Waals surface area contributed by atoms with Crippen molar-refractivity contribution < 1.29 is 13.2 Å². The molecule has 1 aromatic rings. The Balaban J connectivity index is 2.10. The summed E-state index contributed by atoms with van der Waals surface area (Å²) in [5.41, 5.74) is 0.249. The third-order valence-electron chi connectivity index (χ3n) is 3.59. The third kappa shape index (κ3) is 4.20. The molecule has 1 aliphatic rings. The molecule has 6 nitrogen and oxygen atoms in total. The highest BCUT2D eigenvalue weighted by Crippen LogP contribution is 2.22. The summed E-state index contributed by atoms with van der Waals surface area (Å²) >= 11 is 6.05. The number of likely N-dealkylation sites (tertiary alicyclic amines) is 1. The minimum absolute atomic E-state index is 0.00950. The molecule has 21 heavy (non-hydrogen) atoms. The van der Waals surface area contributed by atoms with E-state index in [1.54, 1.807) is 15.8 Å². The van der Waals surface area contributed by atoms with Gasteiger partial charge in [0.2, 0.25) is 0 Å². The maximum atomic E-state index is 12.5. The summed E-state index contributed by atoms with van der Waals surface area (Å²) in [7, 11) is -3.03. The molecular formula is C13H20ClN3O3S. The van der Waals surface area contributed by atoms with E-state index in [4.69, 9.17) is 11.6 Å². The average molecular weight is 334 g/mol. The maximum Gasteiger partial charge on any atom is 0.275 e. The molecule has 2 heterocycles. The van der Waals surface area contributed by atoms with E-state index in [2.05, 4.69) is 5.10 Å². The highest BCUT2D eigenvalue weighted by Gasteiger charge is 2.29. The number of amides is 1. The molecule has 118 valence electrons. The van der Waals surface area contributed by atoms with Crippen LogP contribution in [-0.2, 0) is 16.4 Å². The molecule has 0 saturated carbocycles. The normalized spacial score (nSPS) is 19.8. The fourth-order valence-corrected chi connectivity index (χ4v) is 4.03. The zero-order chi connectivity index (χ0) is 15.6. The van der Waals surface area contributed by atoms with Gasteiger partial charge in [-0.3, -0.25) is 9.48 Å². The van der Waals surface area contributed by atoms with Crippen molar-refractivity contribution in [2.75, 3.05) is 25.1 Å². The summed E-state index contributed by atoms with van der Waals surface area (Å²) in [4.78, 5) is 14.1. The molecule has 1 saturated heterocycles. The predicted molar refractivity (Wildman–Crippen MR) is 81.2 cm³/mol. The van der Waals surface area contributed by atoms with Gasteiger partial charge in [0.15, 0.2) is 5.69 Å². The van der Waals surface area contributed by atoms with Gasteiger partial charge in [0.05, 0.1) is 10.8 Å². The predicted octanol–water partition coefficient (Wildman–Crippen LogP) is 1.45. The second kappa shape index (κ2) is 6.36. The van der Waals surface area contributed by atoms with Gasteiger partial charge in [-0.1, -0.05) is 11.6 Å². The number of halogens is 1. The fourth-order valence-electron chi connectivity index (χ4n) is 2.67. The summed E-state index contributed by atoms with van der Waals surface area (Å²) < 4.78 is 24.4. The van der Waals surface area contributed by atoms with Crippen molar-refractivity contribution in [1.82, 2.24) is 14.7 Å². The zero-order valence-corrected chi connectivity index (χ0v) is 13.8. The smallest absolute Gasteiger partial charge is 0.275 e. The van der Waals surface area contributed by atoms with Gasteiger partial charge in [0, 0.05) is 32.1 Å². The lowest BCUT2D eigenvalue weighted by Gasteiger charge is -2.32. The van der Waals surface area contributed by atoms with Crippen molar-refractivity contribution in [3.8, 4) is 0 Å². The quantitative estimate of drug-likeness (QED) is 0.836. The SMILES string of the molecule is CCn1cc(Cl)c(C(=O)N2CCCC(CS(C)(=O)=O)C2)n1. The van der Waals surface area contributed by atoms with Crippen LogP contribution in [0.15, 0.2) is 6.20 Å². The fraction of sp³-hybridized carbons (Fsp3) is 0.692. The molecule has 0 N–H and O–H groups in total. The number of carbonyl (C=O) groups excluding carboxylic acids is 1. The number of sulfone groups is 1. The summed E-state index contributed by atoms with van der Waals surface area (Å²) in [6.07, 6.45) is 4.49. The minimum atomic E-state index is -3.03. The molecule has 2 rings (SSSR count). The van der Waals surface area contributed by atoms with Crippen LogP contribution in [0, 0.1) is 5.92 Å². The van der Waals surface area contributed by atoms with E-state index >= 15 is 0 Å². The van der Waals surface area contributed by atoms with Crippen LogP contribution in [0.3, 0.4) is 0 Å². The number of hydrogen-bond acceptors (Lipinski definition) is 4. The van der Waals surface area contributed by atoms with Crippen molar-refractivity contribution in [3.63, 3.8) is 0 Å². The van der Waals surface area contributed by atoms with Gasteiger partial charge >= 0.3 is 0 Å².